The number of benzene rings is 1. The number of aromatic amines is 1. The standard InChI is InChI=1S/C20H18FI2N5O2/c1-30-19-11(21)3-2-4-13(19)26-18-15-17-12(7-25-20(15)29)22-9-23-28-14-8-24-6-5-10(14)16(18)27-17/h2-6,8,12,26-28H,7,9H2,1H3,(H,25,29)/q-2. The van der Waals surface area contributed by atoms with E-state index in [-0.39, 0.29) is 54.3 Å². The molecule has 5 rings (SSSR count). The summed E-state index contributed by atoms with van der Waals surface area (Å²) < 4.78 is 24.7. The van der Waals surface area contributed by atoms with Gasteiger partial charge in [0.25, 0.3) is 0 Å². The molecular weight excluding hydrogens is 615 g/mol. The number of halogens is 3. The zero-order valence-electron chi connectivity index (χ0n) is 15.9. The number of aromatic nitrogens is 2. The van der Waals surface area contributed by atoms with Crippen molar-refractivity contribution < 1.29 is 56.6 Å². The van der Waals surface area contributed by atoms with Gasteiger partial charge in [-0.25, -0.2) is 0 Å². The van der Waals surface area contributed by atoms with E-state index in [4.69, 9.17) is 4.74 Å². The quantitative estimate of drug-likeness (QED) is 0.143. The second kappa shape index (κ2) is 8.21. The fourth-order valence-corrected chi connectivity index (χ4v) is 11.4. The maximum atomic E-state index is 14.3. The molecular formula is C20H18FI2N5O2-2. The first-order valence-corrected chi connectivity index (χ1v) is 14.5. The summed E-state index contributed by atoms with van der Waals surface area (Å²) in [6, 6.07) is 6.64. The Kier molecular flexibility index (Phi) is 5.43. The number of rotatable bonds is 3. The number of nitrogens with zero attached hydrogens (tertiary/aromatic N) is 1. The van der Waals surface area contributed by atoms with Crippen molar-refractivity contribution in [1.82, 2.24) is 15.3 Å². The average Bonchev–Trinajstić information content (AvgIpc) is 3.13. The molecule has 7 nitrogen and oxygen atoms in total. The summed E-state index contributed by atoms with van der Waals surface area (Å²) in [5.74, 6) is -0.472. The fourth-order valence-electron chi connectivity index (χ4n) is 3.66. The van der Waals surface area contributed by atoms with Crippen LogP contribution >= 0.6 is 0 Å². The van der Waals surface area contributed by atoms with Crippen molar-refractivity contribution >= 4 is 23.0 Å². The van der Waals surface area contributed by atoms with Crippen LogP contribution < -0.4 is 61.6 Å². The van der Waals surface area contributed by atoms with Crippen LogP contribution in [0.25, 0.3) is 11.3 Å². The Hall–Kier alpha value is -2.09. The number of para-hydroxylation sites is 1. The number of hydrogen-bond acceptors (Lipinski definition) is 5. The van der Waals surface area contributed by atoms with Crippen molar-refractivity contribution in [3.05, 3.63) is 53.7 Å². The Morgan fingerprint density at radius 3 is 3.10 bits per heavy atom. The predicted octanol–water partition coefficient (Wildman–Crippen LogP) is -2.77. The number of pyridine rings is 1. The van der Waals surface area contributed by atoms with Crippen molar-refractivity contribution in [2.75, 3.05) is 24.9 Å². The first-order chi connectivity index (χ1) is 14.7. The second-order valence-corrected chi connectivity index (χ2v) is 14.8. The number of amides is 1. The van der Waals surface area contributed by atoms with Crippen LogP contribution in [-0.4, -0.2) is 32.0 Å². The molecule has 0 spiro atoms. The van der Waals surface area contributed by atoms with E-state index in [1.54, 1.807) is 18.3 Å². The zero-order chi connectivity index (χ0) is 20.7. The van der Waals surface area contributed by atoms with Gasteiger partial charge in [0, 0.05) is 0 Å². The Bertz CT molecular complexity index is 1140. The number of anilines is 3. The van der Waals surface area contributed by atoms with Crippen LogP contribution in [0.3, 0.4) is 0 Å². The Morgan fingerprint density at radius 2 is 2.23 bits per heavy atom. The monoisotopic (exact) mass is 633 g/mol. The van der Waals surface area contributed by atoms with Gasteiger partial charge in [0.15, 0.2) is 0 Å². The van der Waals surface area contributed by atoms with Gasteiger partial charge in [-0.1, -0.05) is 0 Å². The molecule has 0 fully saturated rings. The Balaban J connectivity index is 1.75. The number of ether oxygens (including phenoxy) is 1. The molecule has 2 aliphatic rings. The van der Waals surface area contributed by atoms with Crippen molar-refractivity contribution in [2.45, 2.75) is 3.92 Å². The van der Waals surface area contributed by atoms with E-state index in [1.165, 1.54) is 15.6 Å². The molecule has 4 heterocycles. The molecule has 30 heavy (non-hydrogen) atoms. The summed E-state index contributed by atoms with van der Waals surface area (Å²) in [5, 5.41) is 6.35. The number of alkyl halides is 3. The zero-order valence-corrected chi connectivity index (χ0v) is 20.2. The van der Waals surface area contributed by atoms with Crippen LogP contribution in [0.5, 0.6) is 5.75 Å². The molecule has 0 saturated carbocycles. The van der Waals surface area contributed by atoms with E-state index in [1.807, 2.05) is 12.3 Å². The summed E-state index contributed by atoms with van der Waals surface area (Å²) in [5.41, 5.74) is 5.37. The summed E-state index contributed by atoms with van der Waals surface area (Å²) >= 11 is -0.323. The number of fused-ring (bicyclic) bond motifs is 3. The SMILES string of the molecule is COc1c(F)cccc1Nc1c2[nH]c3c1C(=O)NCC3[I-]C[I-]Nc1cnccc1-2. The third-order valence-corrected chi connectivity index (χ3v) is 12.9. The minimum atomic E-state index is -0.462. The maximum absolute atomic E-state index is 14.3. The molecule has 1 atom stereocenters. The molecule has 1 unspecified atom stereocenters. The summed E-state index contributed by atoms with van der Waals surface area (Å²) in [4.78, 5) is 20.7. The Labute approximate surface area is 193 Å². The van der Waals surface area contributed by atoms with E-state index < -0.39 is 5.82 Å². The van der Waals surface area contributed by atoms with Gasteiger partial charge in [-0.3, -0.25) is 0 Å². The van der Waals surface area contributed by atoms with Gasteiger partial charge in [-0.2, -0.15) is 0 Å². The van der Waals surface area contributed by atoms with E-state index in [9.17, 15) is 9.18 Å². The van der Waals surface area contributed by atoms with Gasteiger partial charge < -0.3 is 0 Å². The van der Waals surface area contributed by atoms with Gasteiger partial charge in [-0.15, -0.1) is 0 Å². The molecule has 0 saturated heterocycles. The molecule has 2 aromatic heterocycles. The molecule has 2 aliphatic heterocycles. The van der Waals surface area contributed by atoms with E-state index >= 15 is 0 Å². The number of H-pyrrole nitrogens is 1. The van der Waals surface area contributed by atoms with Crippen LogP contribution in [0.2, 0.25) is 0 Å². The van der Waals surface area contributed by atoms with Crippen LogP contribution in [-0.2, 0) is 0 Å². The number of methoxy groups -OCH3 is 1. The number of carbonyl (C=O) groups is 1. The average molecular weight is 633 g/mol. The van der Waals surface area contributed by atoms with Crippen molar-refractivity contribution in [3.8, 4) is 17.0 Å². The van der Waals surface area contributed by atoms with Crippen LogP contribution in [0.15, 0.2) is 36.7 Å². The van der Waals surface area contributed by atoms with E-state index in [2.05, 4.69) is 24.1 Å². The van der Waals surface area contributed by atoms with Crippen LogP contribution in [0.1, 0.15) is 20.0 Å². The van der Waals surface area contributed by atoms with Gasteiger partial charge >= 0.3 is 194 Å². The van der Waals surface area contributed by atoms with Gasteiger partial charge in [0.1, 0.15) is 0 Å². The van der Waals surface area contributed by atoms with Crippen LogP contribution in [0, 0.1) is 5.82 Å². The van der Waals surface area contributed by atoms with Crippen LogP contribution in [0.4, 0.5) is 21.5 Å². The molecule has 1 aromatic carbocycles. The summed E-state index contributed by atoms with van der Waals surface area (Å²) in [7, 11) is 1.43. The first-order valence-electron chi connectivity index (χ1n) is 9.17. The van der Waals surface area contributed by atoms with Crippen molar-refractivity contribution in [3.63, 3.8) is 0 Å². The molecule has 4 N–H and O–H groups in total. The minimum absolute atomic E-state index is 0.113. The topological polar surface area (TPSA) is 91.1 Å². The molecule has 3 aromatic rings. The van der Waals surface area contributed by atoms with Gasteiger partial charge in [0.05, 0.1) is 0 Å². The molecule has 1 amide bonds. The van der Waals surface area contributed by atoms with E-state index in [0.29, 0.717) is 27.4 Å². The Morgan fingerprint density at radius 1 is 1.33 bits per heavy atom. The molecule has 0 aliphatic carbocycles. The molecule has 2 bridgehead atoms. The third-order valence-electron chi connectivity index (χ3n) is 5.00. The summed E-state index contributed by atoms with van der Waals surface area (Å²) in [6.07, 6.45) is 3.56. The summed E-state index contributed by atoms with van der Waals surface area (Å²) in [6.45, 7) is 0.661. The molecule has 0 radical (unpaired) electrons. The number of hydrogen-bond donors (Lipinski definition) is 4. The second-order valence-electron chi connectivity index (χ2n) is 6.69. The third kappa shape index (κ3) is 3.39. The molecule has 10 heteroatoms. The van der Waals surface area contributed by atoms with Gasteiger partial charge in [-0.05, 0) is 0 Å². The van der Waals surface area contributed by atoms with Gasteiger partial charge in [0.2, 0.25) is 0 Å². The predicted molar refractivity (Wildman–Crippen MR) is 104 cm³/mol. The van der Waals surface area contributed by atoms with E-state index in [0.717, 1.165) is 22.6 Å². The number of carbonyl (C=O) groups excluding carboxylic acids is 1. The fraction of sp³-hybridized carbons (Fsp3) is 0.200. The normalized spacial score (nSPS) is 17.9. The first kappa shape index (κ1) is 19.8. The van der Waals surface area contributed by atoms with Crippen molar-refractivity contribution in [1.29, 1.82) is 0 Å². The molecule has 158 valence electrons. The number of nitrogens with one attached hydrogen (secondary N) is 4. The van der Waals surface area contributed by atoms with Crippen molar-refractivity contribution in [2.24, 2.45) is 0 Å².